The van der Waals surface area contributed by atoms with Crippen LogP contribution in [0.15, 0.2) is 36.5 Å². The van der Waals surface area contributed by atoms with E-state index in [0.29, 0.717) is 5.56 Å². The average Bonchev–Trinajstić information content (AvgIpc) is 3.14. The summed E-state index contributed by atoms with van der Waals surface area (Å²) in [5.41, 5.74) is 1.02. The molecule has 11 heteroatoms. The number of halogens is 1. The highest BCUT2D eigenvalue weighted by atomic mass is 35.5. The summed E-state index contributed by atoms with van der Waals surface area (Å²) in [7, 11) is 5.79. The van der Waals surface area contributed by atoms with Gasteiger partial charge in [0.1, 0.15) is 20.1 Å². The lowest BCUT2D eigenvalue weighted by molar-refractivity contribution is 0.0959. The van der Waals surface area contributed by atoms with Gasteiger partial charge in [-0.3, -0.25) is 9.59 Å². The second kappa shape index (κ2) is 9.12. The smallest absolute Gasteiger partial charge is 0.274 e. The highest BCUT2D eigenvalue weighted by molar-refractivity contribution is 6.32. The molecule has 3 rings (SSSR count). The number of hydrogen-bond donors (Lipinski definition) is 2. The third-order valence-corrected chi connectivity index (χ3v) is 4.47. The molecule has 31 heavy (non-hydrogen) atoms. The third-order valence-electron chi connectivity index (χ3n) is 4.18. The number of nitrogens with one attached hydrogen (secondary N) is 2. The minimum Gasteiger partial charge on any atom is -0.339 e. The molecule has 2 amide bonds. The van der Waals surface area contributed by atoms with Gasteiger partial charge in [-0.15, -0.1) is 0 Å². The van der Waals surface area contributed by atoms with Crippen molar-refractivity contribution in [3.63, 3.8) is 0 Å². The molecule has 9 nitrogen and oxygen atoms in total. The fourth-order valence-corrected chi connectivity index (χ4v) is 3.05. The molecule has 0 unspecified atom stereocenters. The minimum atomic E-state index is -0.631. The van der Waals surface area contributed by atoms with Crippen molar-refractivity contribution in [1.29, 1.82) is 10.5 Å². The highest BCUT2D eigenvalue weighted by Gasteiger charge is 2.22. The number of carbonyl (C=O) groups is 2. The predicted octanol–water partition coefficient (Wildman–Crippen LogP) is 1.40. The molecule has 0 saturated carbocycles. The Morgan fingerprint density at radius 2 is 2.03 bits per heavy atom. The molecule has 0 spiro atoms. The summed E-state index contributed by atoms with van der Waals surface area (Å²) < 4.78 is 1.20. The van der Waals surface area contributed by atoms with Crippen molar-refractivity contribution in [2.24, 2.45) is 0 Å². The van der Waals surface area contributed by atoms with Gasteiger partial charge in [-0.05, 0) is 42.8 Å². The minimum absolute atomic E-state index is 0.0326. The summed E-state index contributed by atoms with van der Waals surface area (Å²) in [4.78, 5) is 29.7. The molecule has 0 aliphatic heterocycles. The Bertz CT molecular complexity index is 1270. The van der Waals surface area contributed by atoms with Crippen LogP contribution < -0.4 is 16.2 Å². The lowest BCUT2D eigenvalue weighted by Gasteiger charge is -2.15. The first kappa shape index (κ1) is 21.6. The molecule has 2 aromatic heterocycles. The molecular formula is C20H13BClN7O2. The number of anilines is 1. The van der Waals surface area contributed by atoms with Crippen LogP contribution in [0.5, 0.6) is 0 Å². The van der Waals surface area contributed by atoms with Gasteiger partial charge in [-0.25, -0.2) is 9.67 Å². The van der Waals surface area contributed by atoms with Crippen LogP contribution in [0.2, 0.25) is 5.02 Å². The van der Waals surface area contributed by atoms with E-state index in [-0.39, 0.29) is 45.5 Å². The van der Waals surface area contributed by atoms with E-state index in [1.807, 2.05) is 6.07 Å². The highest BCUT2D eigenvalue weighted by Crippen LogP contribution is 2.24. The average molecular weight is 430 g/mol. The van der Waals surface area contributed by atoms with Gasteiger partial charge in [0.25, 0.3) is 11.8 Å². The van der Waals surface area contributed by atoms with Crippen molar-refractivity contribution in [3.05, 3.63) is 63.9 Å². The number of nitrogens with zero attached hydrogens (tertiary/aromatic N) is 5. The Morgan fingerprint density at radius 1 is 1.26 bits per heavy atom. The molecule has 0 bridgehead atoms. The summed E-state index contributed by atoms with van der Waals surface area (Å²) in [6, 6.07) is 11.2. The lowest BCUT2D eigenvalue weighted by atomic mass is 10.0. The first-order valence-corrected chi connectivity index (χ1v) is 9.21. The molecule has 150 valence electrons. The molecule has 0 saturated heterocycles. The van der Waals surface area contributed by atoms with Gasteiger partial charge in [0.15, 0.2) is 5.82 Å². The summed E-state index contributed by atoms with van der Waals surface area (Å²) in [5, 5.41) is 27.3. The number of hydrogen-bond acceptors (Lipinski definition) is 6. The van der Waals surface area contributed by atoms with E-state index in [9.17, 15) is 14.9 Å². The number of benzene rings is 1. The number of aromatic nitrogens is 3. The van der Waals surface area contributed by atoms with E-state index in [1.54, 1.807) is 25.1 Å². The van der Waals surface area contributed by atoms with Crippen LogP contribution >= 0.6 is 11.6 Å². The summed E-state index contributed by atoms with van der Waals surface area (Å²) in [6.07, 6.45) is 1.49. The van der Waals surface area contributed by atoms with E-state index in [2.05, 4.69) is 20.7 Å². The van der Waals surface area contributed by atoms with E-state index >= 15 is 0 Å². The molecule has 1 aromatic carbocycles. The zero-order chi connectivity index (χ0) is 22.5. The van der Waals surface area contributed by atoms with Crippen molar-refractivity contribution >= 4 is 42.5 Å². The number of rotatable bonds is 5. The van der Waals surface area contributed by atoms with Gasteiger partial charge >= 0.3 is 0 Å². The normalized spacial score (nSPS) is 10.1. The molecule has 0 atom stereocenters. The maximum Gasteiger partial charge on any atom is 0.274 e. The Kier molecular flexibility index (Phi) is 6.34. The number of amides is 2. The molecule has 0 aliphatic carbocycles. The topological polar surface area (TPSA) is 136 Å². The largest absolute Gasteiger partial charge is 0.339 e. The maximum atomic E-state index is 13.1. The van der Waals surface area contributed by atoms with Gasteiger partial charge in [-0.1, -0.05) is 11.6 Å². The molecule has 2 heterocycles. The van der Waals surface area contributed by atoms with Gasteiger partial charge in [-0.2, -0.15) is 15.6 Å². The van der Waals surface area contributed by atoms with Crippen molar-refractivity contribution in [1.82, 2.24) is 20.1 Å². The van der Waals surface area contributed by atoms with E-state index in [0.717, 1.165) is 0 Å². The van der Waals surface area contributed by atoms with Gasteiger partial charge in [0, 0.05) is 11.8 Å². The Morgan fingerprint density at radius 3 is 2.71 bits per heavy atom. The number of carbonyl (C=O) groups excluding carboxylic acids is 2. The van der Waals surface area contributed by atoms with Crippen molar-refractivity contribution < 1.29 is 9.59 Å². The van der Waals surface area contributed by atoms with Crippen LogP contribution in [0.3, 0.4) is 0 Å². The summed E-state index contributed by atoms with van der Waals surface area (Å²) in [6.45, 7) is 1.41. The fraction of sp³-hybridized carbons (Fsp3) is 0.100. The monoisotopic (exact) mass is 429 g/mol. The fourth-order valence-electron chi connectivity index (χ4n) is 2.85. The first-order valence-electron chi connectivity index (χ1n) is 8.83. The second-order valence-electron chi connectivity index (χ2n) is 6.30. The van der Waals surface area contributed by atoms with Crippen LogP contribution in [-0.2, 0) is 0 Å². The SMILES string of the molecule is [B]c1cc(C(=O)Nc2c(C)cc(C#N)cc2C(=O)NCC#N)n(-c2ncccc2Cl)n1. The molecule has 2 radical (unpaired) electrons. The summed E-state index contributed by atoms with van der Waals surface area (Å²) in [5.74, 6) is -1.04. The Balaban J connectivity index is 2.04. The van der Waals surface area contributed by atoms with Gasteiger partial charge < -0.3 is 10.6 Å². The molecule has 3 aromatic rings. The van der Waals surface area contributed by atoms with Crippen molar-refractivity contribution in [3.8, 4) is 18.0 Å². The third kappa shape index (κ3) is 4.55. The molecular weight excluding hydrogens is 417 g/mol. The lowest BCUT2D eigenvalue weighted by Crippen LogP contribution is -2.26. The van der Waals surface area contributed by atoms with Gasteiger partial charge in [0.2, 0.25) is 0 Å². The van der Waals surface area contributed by atoms with Crippen molar-refractivity contribution in [2.45, 2.75) is 6.92 Å². The van der Waals surface area contributed by atoms with E-state index in [4.69, 9.17) is 24.7 Å². The number of pyridine rings is 1. The van der Waals surface area contributed by atoms with Crippen LogP contribution in [0.4, 0.5) is 5.69 Å². The molecule has 0 aliphatic rings. The Labute approximate surface area is 183 Å². The predicted molar refractivity (Wildman–Crippen MR) is 114 cm³/mol. The second-order valence-corrected chi connectivity index (χ2v) is 6.70. The number of nitriles is 2. The van der Waals surface area contributed by atoms with Crippen LogP contribution in [-0.4, -0.2) is 41.0 Å². The quantitative estimate of drug-likeness (QED) is 0.464. The van der Waals surface area contributed by atoms with E-state index in [1.165, 1.54) is 29.1 Å². The standard InChI is InChI=1S/C20H13BClN7O2/c1-11-7-12(10-24)8-13(19(30)26-6-4-23)17(11)27-20(31)15-9-16(21)28-29(15)18-14(22)3-2-5-25-18/h2-3,5,7-9H,6H2,1H3,(H,26,30)(H,27,31). The van der Waals surface area contributed by atoms with Crippen LogP contribution in [0.1, 0.15) is 32.0 Å². The van der Waals surface area contributed by atoms with Crippen molar-refractivity contribution in [2.75, 3.05) is 11.9 Å². The molecule has 0 fully saturated rings. The first-order chi connectivity index (χ1) is 14.8. The number of aryl methyl sites for hydroxylation is 1. The zero-order valence-electron chi connectivity index (χ0n) is 16.2. The molecule has 2 N–H and O–H groups in total. The summed E-state index contributed by atoms with van der Waals surface area (Å²) >= 11 is 6.17. The zero-order valence-corrected chi connectivity index (χ0v) is 16.9. The Hall–Kier alpha value is -4.15. The maximum absolute atomic E-state index is 13.1. The van der Waals surface area contributed by atoms with Crippen LogP contribution in [0, 0.1) is 29.6 Å². The van der Waals surface area contributed by atoms with E-state index < -0.39 is 11.8 Å². The van der Waals surface area contributed by atoms with Crippen LogP contribution in [0.25, 0.3) is 5.82 Å². The van der Waals surface area contributed by atoms with Gasteiger partial charge in [0.05, 0.1) is 34.0 Å².